The first kappa shape index (κ1) is 17.7. The van der Waals surface area contributed by atoms with Crippen molar-refractivity contribution in [3.8, 4) is 0 Å². The molecule has 7 atom stereocenters. The van der Waals surface area contributed by atoms with Gasteiger partial charge in [-0.3, -0.25) is 0 Å². The summed E-state index contributed by atoms with van der Waals surface area (Å²) in [5, 5.41) is 0. The fourth-order valence-electron chi connectivity index (χ4n) is 7.11. The minimum atomic E-state index is -1.85. The Bertz CT molecular complexity index is 519. The number of hydrogen-bond donors (Lipinski definition) is 0. The average Bonchev–Trinajstić information content (AvgIpc) is 3.22. The third-order valence-corrected chi connectivity index (χ3v) is 17.1. The third kappa shape index (κ3) is 3.08. The van der Waals surface area contributed by atoms with Crippen LogP contribution in [0.4, 0.5) is 0 Å². The van der Waals surface area contributed by atoms with Gasteiger partial charge in [-0.05, 0) is 92.9 Å². The van der Waals surface area contributed by atoms with E-state index in [0.717, 1.165) is 41.4 Å². The number of allylic oxidation sites excluding steroid dienone is 2. The molecule has 0 aromatic heterocycles. The van der Waals surface area contributed by atoms with Crippen LogP contribution >= 0.6 is 0 Å². The van der Waals surface area contributed by atoms with Crippen molar-refractivity contribution < 1.29 is 8.23 Å². The van der Waals surface area contributed by atoms with E-state index in [4.69, 9.17) is 8.23 Å². The van der Waals surface area contributed by atoms with Gasteiger partial charge >= 0.3 is 8.56 Å². The van der Waals surface area contributed by atoms with Gasteiger partial charge in [0, 0.05) is 0 Å². The summed E-state index contributed by atoms with van der Waals surface area (Å²) in [7, 11) is -3.78. The molecule has 4 aliphatic rings. The molecule has 0 saturated heterocycles. The van der Waals surface area contributed by atoms with Crippen molar-refractivity contribution >= 4 is 26.6 Å². The highest BCUT2D eigenvalue weighted by Gasteiger charge is 2.60. The van der Waals surface area contributed by atoms with Crippen LogP contribution in [-0.2, 0) is 8.23 Å². The molecule has 0 N–H and O–H groups in total. The zero-order valence-corrected chi connectivity index (χ0v) is 19.7. The van der Waals surface area contributed by atoms with Gasteiger partial charge in [0.25, 0.3) is 0 Å². The van der Waals surface area contributed by atoms with Gasteiger partial charge in [-0.15, -0.1) is 0 Å². The van der Waals surface area contributed by atoms with E-state index in [1.165, 1.54) is 25.3 Å². The Hall–Kier alpha value is 0.311. The zero-order valence-electron chi connectivity index (χ0n) is 16.3. The van der Waals surface area contributed by atoms with Crippen molar-refractivity contribution in [2.24, 2.45) is 41.4 Å². The zero-order chi connectivity index (χ0) is 17.1. The normalized spacial score (nSPS) is 43.5. The lowest BCUT2D eigenvalue weighted by Gasteiger charge is -2.38. The summed E-state index contributed by atoms with van der Waals surface area (Å²) in [6.07, 6.45) is 11.2. The molecule has 4 bridgehead atoms. The summed E-state index contributed by atoms with van der Waals surface area (Å²) in [6.45, 7) is 11.6. The first-order chi connectivity index (χ1) is 11.3. The Labute approximate surface area is 153 Å². The highest BCUT2D eigenvalue weighted by atomic mass is 28.5. The first-order valence-electron chi connectivity index (χ1n) is 10.3. The summed E-state index contributed by atoms with van der Waals surface area (Å²) < 4.78 is 12.7. The third-order valence-electron chi connectivity index (χ3n) is 7.54. The molecule has 4 rings (SSSR count). The molecule has 0 amide bonds. The molecule has 3 fully saturated rings. The minimum absolute atomic E-state index is 0.355. The van der Waals surface area contributed by atoms with Gasteiger partial charge in [-0.25, -0.2) is 0 Å². The summed E-state index contributed by atoms with van der Waals surface area (Å²) in [4.78, 5) is 0. The molecular formula is C19H36O2Si3. The highest BCUT2D eigenvalue weighted by Crippen LogP contribution is 2.67. The predicted molar refractivity (Wildman–Crippen MR) is 108 cm³/mol. The summed E-state index contributed by atoms with van der Waals surface area (Å²) in [6, 6.07) is 1.34. The standard InChI is InChI=1S/C19H36O2Si3/c1-22-20-24(4,5)21-23(2,3)9-8-13-10-16-12-17(13)19-15-7-6-14(11-15)18(16)19/h6-7,13-19H,8-12,22H2,1-5H3. The summed E-state index contributed by atoms with van der Waals surface area (Å²) in [5.41, 5.74) is 0. The van der Waals surface area contributed by atoms with E-state index >= 15 is 0 Å². The van der Waals surface area contributed by atoms with Crippen molar-refractivity contribution in [1.82, 2.24) is 0 Å². The Kier molecular flexibility index (Phi) is 4.56. The number of fused-ring (bicyclic) bond motifs is 9. The molecular weight excluding hydrogens is 344 g/mol. The molecule has 7 unspecified atom stereocenters. The topological polar surface area (TPSA) is 18.5 Å². The molecule has 0 aromatic rings. The van der Waals surface area contributed by atoms with Gasteiger partial charge in [0.1, 0.15) is 9.76 Å². The lowest BCUT2D eigenvalue weighted by atomic mass is 9.69. The Morgan fingerprint density at radius 2 is 1.71 bits per heavy atom. The summed E-state index contributed by atoms with van der Waals surface area (Å²) in [5.74, 6) is 7.18. The molecule has 24 heavy (non-hydrogen) atoms. The molecule has 5 heteroatoms. The Morgan fingerprint density at radius 1 is 1.00 bits per heavy atom. The van der Waals surface area contributed by atoms with Gasteiger partial charge in [0.05, 0.1) is 0 Å². The van der Waals surface area contributed by atoms with Crippen LogP contribution in [-0.4, -0.2) is 26.6 Å². The van der Waals surface area contributed by atoms with Crippen molar-refractivity contribution in [3.05, 3.63) is 12.2 Å². The highest BCUT2D eigenvalue weighted by molar-refractivity contribution is 6.83. The molecule has 2 nitrogen and oxygen atoms in total. The maximum Gasteiger partial charge on any atom is 0.310 e. The van der Waals surface area contributed by atoms with Crippen LogP contribution in [0.1, 0.15) is 25.7 Å². The van der Waals surface area contributed by atoms with Crippen molar-refractivity contribution in [2.75, 3.05) is 0 Å². The smallest absolute Gasteiger partial charge is 0.310 e. The van der Waals surface area contributed by atoms with Crippen molar-refractivity contribution in [3.63, 3.8) is 0 Å². The van der Waals surface area contributed by atoms with E-state index in [1.807, 2.05) is 0 Å². The fraction of sp³-hybridized carbons (Fsp3) is 0.895. The van der Waals surface area contributed by atoms with Crippen LogP contribution in [0.3, 0.4) is 0 Å². The van der Waals surface area contributed by atoms with Crippen molar-refractivity contribution in [2.45, 2.75) is 64.5 Å². The van der Waals surface area contributed by atoms with Crippen LogP contribution in [0.15, 0.2) is 12.2 Å². The number of hydrogen-bond acceptors (Lipinski definition) is 2. The minimum Gasteiger partial charge on any atom is -0.442 e. The van der Waals surface area contributed by atoms with E-state index in [0.29, 0.717) is 0 Å². The Balaban J connectivity index is 1.34. The molecule has 4 aliphatic carbocycles. The van der Waals surface area contributed by atoms with Crippen LogP contribution < -0.4 is 0 Å². The van der Waals surface area contributed by atoms with Crippen LogP contribution in [0, 0.1) is 41.4 Å². The molecule has 3 saturated carbocycles. The maximum absolute atomic E-state index is 6.62. The maximum atomic E-state index is 6.62. The summed E-state index contributed by atoms with van der Waals surface area (Å²) >= 11 is 0. The average molecular weight is 381 g/mol. The van der Waals surface area contributed by atoms with Gasteiger partial charge < -0.3 is 8.23 Å². The van der Waals surface area contributed by atoms with Gasteiger partial charge in [0.2, 0.25) is 0 Å². The SMILES string of the molecule is C[SiH2]O[Si](C)(C)O[Si](C)(C)CCC1CC2CC1C1C3C=CC(C3)C21. The first-order valence-corrected chi connectivity index (χ1v) is 18.2. The quantitative estimate of drug-likeness (QED) is 0.367. The second-order valence-electron chi connectivity index (χ2n) is 9.99. The van der Waals surface area contributed by atoms with Crippen LogP contribution in [0.25, 0.3) is 0 Å². The molecule has 0 heterocycles. The second-order valence-corrected chi connectivity index (χ2v) is 19.4. The Morgan fingerprint density at radius 3 is 2.42 bits per heavy atom. The lowest BCUT2D eigenvalue weighted by Crippen LogP contribution is -2.47. The molecule has 0 spiro atoms. The predicted octanol–water partition coefficient (Wildman–Crippen LogP) is 4.54. The molecule has 0 aromatic carbocycles. The van der Waals surface area contributed by atoms with Gasteiger partial charge in [0.15, 0.2) is 8.32 Å². The number of rotatable bonds is 7. The van der Waals surface area contributed by atoms with Gasteiger partial charge in [-0.2, -0.15) is 0 Å². The van der Waals surface area contributed by atoms with E-state index in [9.17, 15) is 0 Å². The molecule has 0 aliphatic heterocycles. The van der Waals surface area contributed by atoms with E-state index in [1.54, 1.807) is 6.42 Å². The lowest BCUT2D eigenvalue weighted by molar-refractivity contribution is 0.146. The van der Waals surface area contributed by atoms with E-state index in [2.05, 4.69) is 44.9 Å². The largest absolute Gasteiger partial charge is 0.442 e. The molecule has 0 radical (unpaired) electrons. The van der Waals surface area contributed by atoms with E-state index < -0.39 is 16.9 Å². The van der Waals surface area contributed by atoms with Crippen molar-refractivity contribution in [1.29, 1.82) is 0 Å². The second kappa shape index (κ2) is 6.19. The van der Waals surface area contributed by atoms with E-state index in [-0.39, 0.29) is 9.76 Å². The fourth-order valence-corrected chi connectivity index (χ4v) is 17.5. The van der Waals surface area contributed by atoms with Crippen LogP contribution in [0.5, 0.6) is 0 Å². The molecule has 136 valence electrons. The van der Waals surface area contributed by atoms with Crippen LogP contribution in [0.2, 0.25) is 38.8 Å². The monoisotopic (exact) mass is 380 g/mol. The van der Waals surface area contributed by atoms with Gasteiger partial charge in [-0.1, -0.05) is 25.1 Å².